The average molecular weight is 382 g/mol. The van der Waals surface area contributed by atoms with Crippen molar-refractivity contribution < 1.29 is 13.3 Å². The molecule has 25 heavy (non-hydrogen) atoms. The van der Waals surface area contributed by atoms with Gasteiger partial charge in [0.15, 0.2) is 5.65 Å². The summed E-state index contributed by atoms with van der Waals surface area (Å²) in [5, 5.41) is 15.7. The van der Waals surface area contributed by atoms with Crippen LogP contribution in [0.3, 0.4) is 0 Å². The first-order chi connectivity index (χ1) is 11.7. The van der Waals surface area contributed by atoms with Gasteiger partial charge in [-0.25, -0.2) is 13.4 Å². The molecule has 2 heterocycles. The topological polar surface area (TPSA) is 120 Å². The first-order valence-corrected chi connectivity index (χ1v) is 8.81. The summed E-state index contributed by atoms with van der Waals surface area (Å²) in [7, 11) is -2.31. The van der Waals surface area contributed by atoms with Crippen LogP contribution in [0.4, 0.5) is 11.4 Å². The van der Waals surface area contributed by atoms with E-state index >= 15 is 0 Å². The van der Waals surface area contributed by atoms with E-state index in [2.05, 4.69) is 14.8 Å². The predicted octanol–water partition coefficient (Wildman–Crippen LogP) is 2.64. The number of hydrogen-bond donors (Lipinski definition) is 1. The Bertz CT molecular complexity index is 1110. The third-order valence-corrected chi connectivity index (χ3v) is 5.24. The van der Waals surface area contributed by atoms with E-state index in [0.717, 1.165) is 6.07 Å². The van der Waals surface area contributed by atoms with Crippen molar-refractivity contribution >= 4 is 44.0 Å². The van der Waals surface area contributed by atoms with Gasteiger partial charge in [0, 0.05) is 18.5 Å². The molecule has 0 bridgehead atoms. The molecule has 2 aromatic heterocycles. The molecule has 11 heteroatoms. The van der Waals surface area contributed by atoms with Crippen LogP contribution in [-0.4, -0.2) is 28.1 Å². The van der Waals surface area contributed by atoms with Gasteiger partial charge in [0.25, 0.3) is 15.7 Å². The summed E-state index contributed by atoms with van der Waals surface area (Å²) in [5.41, 5.74) is 1.05. The molecule has 9 nitrogen and oxygen atoms in total. The minimum Gasteiger partial charge on any atom is -0.278 e. The molecule has 0 atom stereocenters. The lowest BCUT2D eigenvalue weighted by molar-refractivity contribution is -0.384. The number of halogens is 1. The number of aryl methyl sites for hydroxylation is 2. The molecule has 0 spiro atoms. The number of rotatable bonds is 4. The minimum atomic E-state index is -4.04. The van der Waals surface area contributed by atoms with Crippen LogP contribution >= 0.6 is 11.6 Å². The molecule has 0 amide bonds. The van der Waals surface area contributed by atoms with Crippen LogP contribution in [0, 0.1) is 17.0 Å². The highest BCUT2D eigenvalue weighted by Crippen LogP contribution is 2.28. The van der Waals surface area contributed by atoms with Crippen LogP contribution in [0.5, 0.6) is 0 Å². The van der Waals surface area contributed by atoms with E-state index in [-0.39, 0.29) is 15.6 Å². The monoisotopic (exact) mass is 381 g/mol. The fraction of sp³-hybridized carbons (Fsp3) is 0.143. The number of nitrogens with one attached hydrogen (secondary N) is 1. The van der Waals surface area contributed by atoms with Crippen LogP contribution in [0.25, 0.3) is 11.0 Å². The van der Waals surface area contributed by atoms with Crippen LogP contribution < -0.4 is 4.72 Å². The second kappa shape index (κ2) is 5.97. The number of anilines is 1. The van der Waals surface area contributed by atoms with E-state index in [1.165, 1.54) is 18.3 Å². The third-order valence-electron chi connectivity index (χ3n) is 3.54. The van der Waals surface area contributed by atoms with Crippen molar-refractivity contribution in [3.8, 4) is 0 Å². The maximum Gasteiger partial charge on any atom is 0.289 e. The molecule has 0 aliphatic rings. The van der Waals surface area contributed by atoms with Crippen molar-refractivity contribution in [2.24, 2.45) is 7.05 Å². The maximum absolute atomic E-state index is 12.5. The second-order valence-corrected chi connectivity index (χ2v) is 7.37. The van der Waals surface area contributed by atoms with Gasteiger partial charge in [-0.1, -0.05) is 11.6 Å². The Morgan fingerprint density at radius 1 is 1.32 bits per heavy atom. The number of nitro benzene ring substituents is 1. The van der Waals surface area contributed by atoms with E-state index < -0.39 is 20.6 Å². The quantitative estimate of drug-likeness (QED) is 0.547. The first kappa shape index (κ1) is 17.1. The van der Waals surface area contributed by atoms with Crippen molar-refractivity contribution in [2.45, 2.75) is 11.8 Å². The molecule has 130 valence electrons. The molecule has 0 aliphatic heterocycles. The van der Waals surface area contributed by atoms with E-state index in [1.54, 1.807) is 24.7 Å². The van der Waals surface area contributed by atoms with Gasteiger partial charge in [0.1, 0.15) is 5.02 Å². The molecule has 1 aromatic carbocycles. The van der Waals surface area contributed by atoms with Gasteiger partial charge in [-0.15, -0.1) is 0 Å². The number of sulfonamides is 1. The zero-order valence-electron chi connectivity index (χ0n) is 13.1. The molecular weight excluding hydrogens is 370 g/mol. The molecular formula is C14H12ClN5O4S. The summed E-state index contributed by atoms with van der Waals surface area (Å²) in [5.74, 6) is 0. The van der Waals surface area contributed by atoms with Crippen molar-refractivity contribution in [1.29, 1.82) is 0 Å². The Hall–Kier alpha value is -2.72. The zero-order chi connectivity index (χ0) is 18.4. The van der Waals surface area contributed by atoms with Crippen LogP contribution in [0.1, 0.15) is 5.69 Å². The predicted molar refractivity (Wildman–Crippen MR) is 92.2 cm³/mol. The van der Waals surface area contributed by atoms with E-state index in [1.807, 2.05) is 0 Å². The van der Waals surface area contributed by atoms with E-state index in [0.29, 0.717) is 16.7 Å². The van der Waals surface area contributed by atoms with Gasteiger partial charge in [0.05, 0.1) is 27.4 Å². The number of fused-ring (bicyclic) bond motifs is 1. The number of pyridine rings is 1. The Morgan fingerprint density at radius 2 is 2.04 bits per heavy atom. The first-order valence-electron chi connectivity index (χ1n) is 6.95. The number of nitro groups is 1. The highest BCUT2D eigenvalue weighted by Gasteiger charge is 2.21. The molecule has 3 aromatic rings. The summed E-state index contributed by atoms with van der Waals surface area (Å²) in [6.07, 6.45) is 1.35. The average Bonchev–Trinajstić information content (AvgIpc) is 2.81. The highest BCUT2D eigenvalue weighted by molar-refractivity contribution is 7.92. The second-order valence-electron chi connectivity index (χ2n) is 5.28. The Kier molecular flexibility index (Phi) is 4.09. The van der Waals surface area contributed by atoms with Crippen molar-refractivity contribution in [3.63, 3.8) is 0 Å². The lowest BCUT2D eigenvalue weighted by atomic mass is 10.3. The van der Waals surface area contributed by atoms with Gasteiger partial charge < -0.3 is 0 Å². The number of benzene rings is 1. The Balaban J connectivity index is 2.00. The van der Waals surface area contributed by atoms with Crippen LogP contribution in [0.2, 0.25) is 5.02 Å². The molecule has 0 aliphatic carbocycles. The summed E-state index contributed by atoms with van der Waals surface area (Å²) in [4.78, 5) is 14.1. The van der Waals surface area contributed by atoms with Gasteiger partial charge in [-0.3, -0.25) is 19.5 Å². The summed E-state index contributed by atoms with van der Waals surface area (Å²) < 4.78 is 28.9. The number of nitrogens with zero attached hydrogens (tertiary/aromatic N) is 4. The molecule has 0 radical (unpaired) electrons. The lowest BCUT2D eigenvalue weighted by Gasteiger charge is -2.08. The Morgan fingerprint density at radius 3 is 2.72 bits per heavy atom. The van der Waals surface area contributed by atoms with Crippen LogP contribution in [-0.2, 0) is 17.1 Å². The Labute approximate surface area is 147 Å². The third kappa shape index (κ3) is 3.13. The molecule has 0 saturated carbocycles. The zero-order valence-corrected chi connectivity index (χ0v) is 14.7. The standard InChI is InChI=1S/C14H12ClN5O4S/c1-8-11-5-9(7-16-14(11)19(2)17-8)18-25(23,24)10-3-4-12(15)13(6-10)20(21)22/h3-7,18H,1-2H3. The summed E-state index contributed by atoms with van der Waals surface area (Å²) >= 11 is 5.71. The largest absolute Gasteiger partial charge is 0.289 e. The van der Waals surface area contributed by atoms with Gasteiger partial charge in [0.2, 0.25) is 0 Å². The van der Waals surface area contributed by atoms with Crippen molar-refractivity contribution in [1.82, 2.24) is 14.8 Å². The van der Waals surface area contributed by atoms with Crippen LogP contribution in [0.15, 0.2) is 35.4 Å². The number of hydrogen-bond acceptors (Lipinski definition) is 6. The molecule has 0 fully saturated rings. The van der Waals surface area contributed by atoms with E-state index in [9.17, 15) is 18.5 Å². The molecule has 0 unspecified atom stereocenters. The normalized spacial score (nSPS) is 11.6. The number of aromatic nitrogens is 3. The molecule has 3 rings (SSSR count). The van der Waals surface area contributed by atoms with Gasteiger partial charge in [-0.05, 0) is 25.1 Å². The lowest BCUT2D eigenvalue weighted by Crippen LogP contribution is -2.13. The summed E-state index contributed by atoms with van der Waals surface area (Å²) in [6, 6.07) is 4.87. The SMILES string of the molecule is Cc1nn(C)c2ncc(NS(=O)(=O)c3ccc(Cl)c([N+](=O)[O-])c3)cc12. The molecule has 0 saturated heterocycles. The molecule has 1 N–H and O–H groups in total. The highest BCUT2D eigenvalue weighted by atomic mass is 35.5. The maximum atomic E-state index is 12.5. The smallest absolute Gasteiger partial charge is 0.278 e. The van der Waals surface area contributed by atoms with Crippen molar-refractivity contribution in [3.05, 3.63) is 51.3 Å². The fourth-order valence-electron chi connectivity index (χ4n) is 2.38. The minimum absolute atomic E-state index is 0.141. The summed E-state index contributed by atoms with van der Waals surface area (Å²) in [6.45, 7) is 1.78. The van der Waals surface area contributed by atoms with Gasteiger partial charge in [-0.2, -0.15) is 5.10 Å². The van der Waals surface area contributed by atoms with Gasteiger partial charge >= 0.3 is 0 Å². The van der Waals surface area contributed by atoms with E-state index in [4.69, 9.17) is 11.6 Å². The fourth-order valence-corrected chi connectivity index (χ4v) is 3.62. The van der Waals surface area contributed by atoms with Crippen molar-refractivity contribution in [2.75, 3.05) is 4.72 Å².